The zero-order valence-electron chi connectivity index (χ0n) is 25.8. The van der Waals surface area contributed by atoms with Crippen molar-refractivity contribution in [1.29, 1.82) is 0 Å². The summed E-state index contributed by atoms with van der Waals surface area (Å²) in [6.45, 7) is -1.24. The summed E-state index contributed by atoms with van der Waals surface area (Å²) in [7, 11) is 1.19. The highest BCUT2D eigenvalue weighted by Crippen LogP contribution is 2.15. The summed E-state index contributed by atoms with van der Waals surface area (Å²) in [6, 6.07) is 16.4. The van der Waals surface area contributed by atoms with E-state index < -0.39 is 66.7 Å². The Kier molecular flexibility index (Phi) is 12.9. The molecule has 0 fully saturated rings. The third-order valence-corrected chi connectivity index (χ3v) is 8.18. The fourth-order valence-electron chi connectivity index (χ4n) is 4.78. The number of amides is 5. The molecule has 2 aromatic carbocycles. The molecule has 5 N–H and O–H groups in total. The summed E-state index contributed by atoms with van der Waals surface area (Å²) in [6.07, 6.45) is 0.864. The van der Waals surface area contributed by atoms with Gasteiger partial charge in [-0.1, -0.05) is 48.5 Å². The molecule has 0 spiro atoms. The summed E-state index contributed by atoms with van der Waals surface area (Å²) >= 11 is 1.43. The Morgan fingerprint density at radius 2 is 1.64 bits per heavy atom. The quantitative estimate of drug-likeness (QED) is 0.170. The van der Waals surface area contributed by atoms with Gasteiger partial charge >= 0.3 is 5.97 Å². The number of nitrogens with one attached hydrogen (secondary N) is 5. The third-order valence-electron chi connectivity index (χ3n) is 7.28. The van der Waals surface area contributed by atoms with Gasteiger partial charge in [-0.05, 0) is 47.5 Å². The normalized spacial score (nSPS) is 19.4. The van der Waals surface area contributed by atoms with Crippen LogP contribution in [0.3, 0.4) is 0 Å². The lowest BCUT2D eigenvalue weighted by Gasteiger charge is -2.24. The van der Waals surface area contributed by atoms with Gasteiger partial charge in [-0.3, -0.25) is 28.8 Å². The fraction of sp³-hybridized carbons (Fsp3) is 0.333. The van der Waals surface area contributed by atoms with Crippen molar-refractivity contribution in [2.45, 2.75) is 43.8 Å². The van der Waals surface area contributed by atoms with Crippen LogP contribution in [0.15, 0.2) is 72.1 Å². The number of hydrogen-bond donors (Lipinski definition) is 5. The zero-order chi connectivity index (χ0) is 33.6. The van der Waals surface area contributed by atoms with E-state index in [1.54, 1.807) is 24.3 Å². The Balaban J connectivity index is 1.58. The van der Waals surface area contributed by atoms with Gasteiger partial charge in [0.25, 0.3) is 5.91 Å². The van der Waals surface area contributed by atoms with Gasteiger partial charge in [0.15, 0.2) is 6.61 Å². The summed E-state index contributed by atoms with van der Waals surface area (Å²) in [5, 5.41) is 15.0. The highest BCUT2D eigenvalue weighted by atomic mass is 32.1. The first-order chi connectivity index (χ1) is 22.7. The number of fused-ring (bicyclic) bond motifs is 16. The smallest absolute Gasteiger partial charge is 0.325 e. The Hall–Kier alpha value is -5.24. The van der Waals surface area contributed by atoms with Gasteiger partial charge in [-0.25, -0.2) is 0 Å². The van der Waals surface area contributed by atoms with Crippen LogP contribution in [0.25, 0.3) is 0 Å². The van der Waals surface area contributed by atoms with Crippen LogP contribution in [-0.2, 0) is 52.8 Å². The molecule has 47 heavy (non-hydrogen) atoms. The fourth-order valence-corrected chi connectivity index (χ4v) is 5.53. The van der Waals surface area contributed by atoms with Crippen LogP contribution in [-0.4, -0.2) is 80.4 Å². The molecule has 13 nitrogen and oxygen atoms in total. The lowest BCUT2D eigenvalue weighted by molar-refractivity contribution is -0.141. The lowest BCUT2D eigenvalue weighted by Crippen LogP contribution is -2.56. The molecule has 5 amide bonds. The molecule has 3 aromatic rings. The maximum Gasteiger partial charge on any atom is 0.325 e. The minimum Gasteiger partial charge on any atom is -0.484 e. The maximum atomic E-state index is 13.7. The molecule has 0 saturated heterocycles. The third kappa shape index (κ3) is 11.3. The molecule has 1 aromatic heterocycles. The molecule has 0 aliphatic carbocycles. The molecule has 0 saturated carbocycles. The molecular weight excluding hydrogens is 626 g/mol. The Labute approximate surface area is 275 Å². The van der Waals surface area contributed by atoms with E-state index >= 15 is 0 Å². The van der Waals surface area contributed by atoms with E-state index in [0.717, 1.165) is 10.4 Å². The zero-order valence-corrected chi connectivity index (χ0v) is 26.6. The number of methoxy groups -OCH3 is 1. The Morgan fingerprint density at radius 3 is 2.34 bits per heavy atom. The summed E-state index contributed by atoms with van der Waals surface area (Å²) in [5.41, 5.74) is 1.58. The standard InChI is InChI=1S/C33H37N5O8S/c1-45-30(41)19-35-31(42)26-16-22-9-12-23(13-10-22)46-20-29(40)37-27(17-24-8-5-15-47-24)32(43)34-18-28(39)36-25(33(44)38-26)14-11-21-6-3-2-4-7-21/h2-10,12-13,15,25-27H,11,14,16-20H2,1H3,(H,34,43)(H,35,42)(H,36,39)(H,37,40)(H,38,44)/t25-,26+,27-/m1/s1. The van der Waals surface area contributed by atoms with E-state index in [1.807, 2.05) is 47.8 Å². The molecular formula is C33H37N5O8S. The first kappa shape index (κ1) is 34.6. The van der Waals surface area contributed by atoms with Crippen LogP contribution >= 0.6 is 11.3 Å². The molecule has 2 aliphatic heterocycles. The number of aryl methyl sites for hydroxylation is 1. The van der Waals surface area contributed by atoms with Crippen molar-refractivity contribution >= 4 is 46.8 Å². The monoisotopic (exact) mass is 663 g/mol. The number of esters is 1. The van der Waals surface area contributed by atoms with Crippen LogP contribution < -0.4 is 31.3 Å². The second-order valence-electron chi connectivity index (χ2n) is 10.8. The molecule has 2 bridgehead atoms. The van der Waals surface area contributed by atoms with E-state index in [2.05, 4.69) is 31.3 Å². The van der Waals surface area contributed by atoms with Gasteiger partial charge in [0.05, 0.1) is 13.7 Å². The van der Waals surface area contributed by atoms with Crippen molar-refractivity contribution in [3.8, 4) is 5.75 Å². The molecule has 5 rings (SSSR count). The van der Waals surface area contributed by atoms with Crippen molar-refractivity contribution in [3.63, 3.8) is 0 Å². The lowest BCUT2D eigenvalue weighted by atomic mass is 10.0. The molecule has 2 aliphatic rings. The van der Waals surface area contributed by atoms with Gasteiger partial charge < -0.3 is 36.1 Å². The van der Waals surface area contributed by atoms with Crippen LogP contribution in [0.2, 0.25) is 0 Å². The molecule has 248 valence electrons. The van der Waals surface area contributed by atoms with Crippen LogP contribution in [0.5, 0.6) is 5.75 Å². The number of rotatable bonds is 8. The van der Waals surface area contributed by atoms with Crippen molar-refractivity contribution in [2.75, 3.05) is 26.8 Å². The largest absolute Gasteiger partial charge is 0.484 e. The highest BCUT2D eigenvalue weighted by molar-refractivity contribution is 7.09. The minimum atomic E-state index is -1.12. The molecule has 3 heterocycles. The van der Waals surface area contributed by atoms with Crippen molar-refractivity contribution in [2.24, 2.45) is 0 Å². The molecule has 0 unspecified atom stereocenters. The van der Waals surface area contributed by atoms with Crippen LogP contribution in [0, 0.1) is 0 Å². The molecule has 14 heteroatoms. The van der Waals surface area contributed by atoms with Crippen molar-refractivity contribution in [3.05, 3.63) is 88.1 Å². The number of ether oxygens (including phenoxy) is 2. The minimum absolute atomic E-state index is 0.0410. The Morgan fingerprint density at radius 1 is 0.894 bits per heavy atom. The number of benzene rings is 2. The van der Waals surface area contributed by atoms with Gasteiger partial charge in [0, 0.05) is 17.7 Å². The number of hydrogen-bond acceptors (Lipinski definition) is 9. The van der Waals surface area contributed by atoms with E-state index in [1.165, 1.54) is 18.4 Å². The van der Waals surface area contributed by atoms with E-state index in [9.17, 15) is 28.8 Å². The first-order valence-corrected chi connectivity index (χ1v) is 15.9. The number of thiophene rings is 1. The molecule has 0 radical (unpaired) electrons. The average Bonchev–Trinajstić information content (AvgIpc) is 3.60. The van der Waals surface area contributed by atoms with Gasteiger partial charge in [-0.2, -0.15) is 0 Å². The molecule has 3 atom stereocenters. The number of carbonyl (C=O) groups excluding carboxylic acids is 6. The van der Waals surface area contributed by atoms with E-state index in [4.69, 9.17) is 4.74 Å². The summed E-state index contributed by atoms with van der Waals surface area (Å²) in [5.74, 6) is -3.33. The van der Waals surface area contributed by atoms with Gasteiger partial charge in [0.2, 0.25) is 23.6 Å². The van der Waals surface area contributed by atoms with Crippen LogP contribution in [0.4, 0.5) is 0 Å². The maximum absolute atomic E-state index is 13.7. The second-order valence-corrected chi connectivity index (χ2v) is 11.8. The summed E-state index contributed by atoms with van der Waals surface area (Å²) in [4.78, 5) is 78.4. The topological polar surface area (TPSA) is 181 Å². The summed E-state index contributed by atoms with van der Waals surface area (Å²) < 4.78 is 10.2. The van der Waals surface area contributed by atoms with Gasteiger partial charge in [-0.15, -0.1) is 11.3 Å². The SMILES string of the molecule is COC(=O)CNC(=O)[C@@H]1Cc2ccc(cc2)OCC(=O)N[C@H](Cc2cccs2)C(=O)NCC(=O)N[C@H](CCc2ccccc2)C(=O)N1. The van der Waals surface area contributed by atoms with E-state index in [-0.39, 0.29) is 25.9 Å². The predicted molar refractivity (Wildman–Crippen MR) is 172 cm³/mol. The highest BCUT2D eigenvalue weighted by Gasteiger charge is 2.28. The van der Waals surface area contributed by atoms with Gasteiger partial charge in [0.1, 0.15) is 30.4 Å². The Bertz CT molecular complexity index is 1530. The average molecular weight is 664 g/mol. The van der Waals surface area contributed by atoms with Crippen LogP contribution in [0.1, 0.15) is 22.4 Å². The van der Waals surface area contributed by atoms with Crippen molar-refractivity contribution < 1.29 is 38.2 Å². The predicted octanol–water partition coefficient (Wildman–Crippen LogP) is 0.418. The van der Waals surface area contributed by atoms with E-state index in [0.29, 0.717) is 17.7 Å². The number of carbonyl (C=O) groups is 6. The van der Waals surface area contributed by atoms with Crippen molar-refractivity contribution in [1.82, 2.24) is 26.6 Å². The second kappa shape index (κ2) is 17.5. The first-order valence-electron chi connectivity index (χ1n) is 15.0.